The molecule has 2 aromatic rings. The predicted octanol–water partition coefficient (Wildman–Crippen LogP) is 3.45. The summed E-state index contributed by atoms with van der Waals surface area (Å²) < 4.78 is 0. The molecule has 1 heterocycles. The van der Waals surface area contributed by atoms with Crippen LogP contribution in [0.2, 0.25) is 0 Å². The van der Waals surface area contributed by atoms with Crippen LogP contribution in [0.3, 0.4) is 0 Å². The topological polar surface area (TPSA) is 53.4 Å². The van der Waals surface area contributed by atoms with Crippen molar-refractivity contribution in [2.75, 3.05) is 6.54 Å². The first-order valence-electron chi connectivity index (χ1n) is 8.38. The molecule has 0 aliphatic heterocycles. The number of aliphatic hydroxyl groups is 1. The van der Waals surface area contributed by atoms with Crippen molar-refractivity contribution < 1.29 is 9.90 Å². The van der Waals surface area contributed by atoms with Crippen LogP contribution in [-0.4, -0.2) is 33.0 Å². The predicted molar refractivity (Wildman–Crippen MR) is 95.7 cm³/mol. The Labute approximate surface area is 144 Å². The van der Waals surface area contributed by atoms with E-state index in [1.54, 1.807) is 26.2 Å². The van der Waals surface area contributed by atoms with Gasteiger partial charge in [0.2, 0.25) is 0 Å². The van der Waals surface area contributed by atoms with Gasteiger partial charge in [0.1, 0.15) is 0 Å². The lowest BCUT2D eigenvalue weighted by molar-refractivity contribution is 0.0714. The first-order chi connectivity index (χ1) is 11.4. The minimum atomic E-state index is -0.699. The lowest BCUT2D eigenvalue weighted by Gasteiger charge is -2.21. The van der Waals surface area contributed by atoms with Crippen molar-refractivity contribution in [2.45, 2.75) is 45.8 Å². The molecule has 0 aliphatic rings. The van der Waals surface area contributed by atoms with Crippen molar-refractivity contribution in [2.24, 2.45) is 0 Å². The van der Waals surface area contributed by atoms with Gasteiger partial charge in [-0.2, -0.15) is 0 Å². The van der Waals surface area contributed by atoms with Gasteiger partial charge in [-0.3, -0.25) is 9.78 Å². The highest BCUT2D eigenvalue weighted by molar-refractivity contribution is 5.94. The zero-order valence-corrected chi connectivity index (χ0v) is 14.7. The Balaban J connectivity index is 2.09. The number of aromatic nitrogens is 1. The molecule has 0 saturated carbocycles. The number of hydrogen-bond donors (Lipinski definition) is 1. The van der Waals surface area contributed by atoms with Gasteiger partial charge in [-0.1, -0.05) is 18.2 Å². The van der Waals surface area contributed by atoms with Crippen LogP contribution in [0.25, 0.3) is 0 Å². The number of benzene rings is 1. The third kappa shape index (κ3) is 5.46. The van der Waals surface area contributed by atoms with Crippen LogP contribution in [-0.2, 0) is 13.0 Å². The highest BCUT2D eigenvalue weighted by Gasteiger charge is 2.16. The molecule has 1 N–H and O–H groups in total. The van der Waals surface area contributed by atoms with Crippen molar-refractivity contribution in [3.05, 3.63) is 65.5 Å². The van der Waals surface area contributed by atoms with E-state index < -0.39 is 5.60 Å². The maximum absolute atomic E-state index is 12.8. The van der Waals surface area contributed by atoms with Crippen LogP contribution in [0.1, 0.15) is 48.7 Å². The quantitative estimate of drug-likeness (QED) is 0.848. The largest absolute Gasteiger partial charge is 0.390 e. The van der Waals surface area contributed by atoms with Crippen LogP contribution in [0.5, 0.6) is 0 Å². The van der Waals surface area contributed by atoms with Gasteiger partial charge in [0.15, 0.2) is 0 Å². The molecule has 4 nitrogen and oxygen atoms in total. The van der Waals surface area contributed by atoms with Crippen molar-refractivity contribution in [3.8, 4) is 0 Å². The molecule has 0 saturated heterocycles. The van der Waals surface area contributed by atoms with Gasteiger partial charge in [-0.15, -0.1) is 0 Å². The Bertz CT molecular complexity index is 663. The highest BCUT2D eigenvalue weighted by atomic mass is 16.3. The fourth-order valence-corrected chi connectivity index (χ4v) is 2.53. The summed E-state index contributed by atoms with van der Waals surface area (Å²) in [5.41, 5.74) is 2.08. The van der Waals surface area contributed by atoms with Crippen molar-refractivity contribution in [1.29, 1.82) is 0 Å². The molecule has 0 atom stereocenters. The molecule has 4 heteroatoms. The first kappa shape index (κ1) is 18.1. The van der Waals surface area contributed by atoms with Crippen LogP contribution >= 0.6 is 0 Å². The summed E-state index contributed by atoms with van der Waals surface area (Å²) in [6.45, 7) is 6.77. The summed E-state index contributed by atoms with van der Waals surface area (Å²) in [6.07, 6.45) is 4.93. The average Bonchev–Trinajstić information content (AvgIpc) is 2.58. The number of aryl methyl sites for hydroxylation is 1. The maximum Gasteiger partial charge on any atom is 0.254 e. The number of rotatable bonds is 7. The minimum absolute atomic E-state index is 0.0199. The van der Waals surface area contributed by atoms with Gasteiger partial charge in [-0.05, 0) is 62.9 Å². The fourth-order valence-electron chi connectivity index (χ4n) is 2.53. The molecule has 1 aromatic heterocycles. The van der Waals surface area contributed by atoms with Crippen molar-refractivity contribution >= 4 is 5.91 Å². The maximum atomic E-state index is 12.8. The molecule has 128 valence electrons. The highest BCUT2D eigenvalue weighted by Crippen LogP contribution is 2.16. The van der Waals surface area contributed by atoms with Gasteiger partial charge in [0.25, 0.3) is 5.91 Å². The standard InChI is InChI=1S/C20H26N2O2/c1-4-22(15-17-8-6-12-21-14-17)19(23)18-9-5-7-16(13-18)10-11-20(2,3)24/h5-9,12-14,24H,4,10-11,15H2,1-3H3. The van der Waals surface area contributed by atoms with Crippen LogP contribution in [0, 0.1) is 0 Å². The van der Waals surface area contributed by atoms with Crippen molar-refractivity contribution in [3.63, 3.8) is 0 Å². The summed E-state index contributed by atoms with van der Waals surface area (Å²) in [6, 6.07) is 11.5. The Hall–Kier alpha value is -2.20. The zero-order valence-electron chi connectivity index (χ0n) is 14.7. The Morgan fingerprint density at radius 1 is 1.21 bits per heavy atom. The number of carbonyl (C=O) groups excluding carboxylic acids is 1. The summed E-state index contributed by atoms with van der Waals surface area (Å²) in [4.78, 5) is 18.7. The van der Waals surface area contributed by atoms with Crippen molar-refractivity contribution in [1.82, 2.24) is 9.88 Å². The Morgan fingerprint density at radius 3 is 2.58 bits per heavy atom. The molecule has 0 unspecified atom stereocenters. The monoisotopic (exact) mass is 326 g/mol. The lowest BCUT2D eigenvalue weighted by Crippen LogP contribution is -2.30. The van der Waals surface area contributed by atoms with E-state index in [2.05, 4.69) is 4.98 Å². The molecule has 0 bridgehead atoms. The first-order valence-corrected chi connectivity index (χ1v) is 8.38. The summed E-state index contributed by atoms with van der Waals surface area (Å²) in [5.74, 6) is 0.0199. The van der Waals surface area contributed by atoms with Gasteiger partial charge >= 0.3 is 0 Å². The molecular weight excluding hydrogens is 300 g/mol. The lowest BCUT2D eigenvalue weighted by atomic mass is 9.97. The van der Waals surface area contributed by atoms with E-state index in [1.165, 1.54) is 0 Å². The van der Waals surface area contributed by atoms with Crippen LogP contribution in [0.4, 0.5) is 0 Å². The molecular formula is C20H26N2O2. The number of amides is 1. The molecule has 0 aliphatic carbocycles. The van der Waals surface area contributed by atoms with Crippen LogP contribution in [0.15, 0.2) is 48.8 Å². The Kier molecular flexibility index (Phi) is 6.10. The van der Waals surface area contributed by atoms with Gasteiger partial charge in [0.05, 0.1) is 5.60 Å². The molecule has 0 spiro atoms. The third-order valence-corrected chi connectivity index (χ3v) is 3.96. The number of hydrogen-bond acceptors (Lipinski definition) is 3. The van der Waals surface area contributed by atoms with Gasteiger partial charge in [-0.25, -0.2) is 0 Å². The molecule has 2 rings (SSSR count). The molecule has 1 aromatic carbocycles. The van der Waals surface area contributed by atoms with E-state index in [1.807, 2.05) is 48.2 Å². The minimum Gasteiger partial charge on any atom is -0.390 e. The second-order valence-electron chi connectivity index (χ2n) is 6.69. The van der Waals surface area contributed by atoms with E-state index in [9.17, 15) is 9.90 Å². The molecule has 24 heavy (non-hydrogen) atoms. The van der Waals surface area contributed by atoms with Crippen LogP contribution < -0.4 is 0 Å². The fraction of sp³-hybridized carbons (Fsp3) is 0.400. The third-order valence-electron chi connectivity index (χ3n) is 3.96. The Morgan fingerprint density at radius 2 is 1.96 bits per heavy atom. The van der Waals surface area contributed by atoms with E-state index in [0.717, 1.165) is 17.5 Å². The second-order valence-corrected chi connectivity index (χ2v) is 6.69. The SMILES string of the molecule is CCN(Cc1cccnc1)C(=O)c1cccc(CCC(C)(C)O)c1. The second kappa shape index (κ2) is 8.06. The summed E-state index contributed by atoms with van der Waals surface area (Å²) >= 11 is 0. The van der Waals surface area contributed by atoms with E-state index in [4.69, 9.17) is 0 Å². The van der Waals surface area contributed by atoms with E-state index in [-0.39, 0.29) is 5.91 Å². The molecule has 0 fully saturated rings. The smallest absolute Gasteiger partial charge is 0.254 e. The van der Waals surface area contributed by atoms with E-state index >= 15 is 0 Å². The average molecular weight is 326 g/mol. The summed E-state index contributed by atoms with van der Waals surface area (Å²) in [5, 5.41) is 9.87. The zero-order chi connectivity index (χ0) is 17.6. The summed E-state index contributed by atoms with van der Waals surface area (Å²) in [7, 11) is 0. The normalized spacial score (nSPS) is 11.3. The van der Waals surface area contributed by atoms with Gasteiger partial charge in [0, 0.05) is 31.0 Å². The van der Waals surface area contributed by atoms with Gasteiger partial charge < -0.3 is 10.0 Å². The number of nitrogens with zero attached hydrogens (tertiary/aromatic N) is 2. The number of pyridine rings is 1. The molecule has 1 amide bonds. The molecule has 0 radical (unpaired) electrons. The number of carbonyl (C=O) groups is 1. The van der Waals surface area contributed by atoms with E-state index in [0.29, 0.717) is 25.1 Å².